The molecule has 0 spiro atoms. The molecule has 0 saturated heterocycles. The highest BCUT2D eigenvalue weighted by Gasteiger charge is 2.14. The van der Waals surface area contributed by atoms with Crippen molar-refractivity contribution in [3.63, 3.8) is 0 Å². The summed E-state index contributed by atoms with van der Waals surface area (Å²) in [6.07, 6.45) is 9.15. The molecular formula is C17H18Cl2N4O. The van der Waals surface area contributed by atoms with Crippen LogP contribution in [0.5, 0.6) is 0 Å². The number of nitrogens with zero attached hydrogens (tertiary/aromatic N) is 2. The number of aromatic nitrogens is 2. The fourth-order valence-corrected chi connectivity index (χ4v) is 3.32. The summed E-state index contributed by atoms with van der Waals surface area (Å²) < 4.78 is 0. The second-order valence-electron chi connectivity index (χ2n) is 5.88. The molecule has 3 rings (SSSR count). The molecule has 0 radical (unpaired) electrons. The van der Waals surface area contributed by atoms with E-state index in [0.29, 0.717) is 27.6 Å². The lowest BCUT2D eigenvalue weighted by Gasteiger charge is -2.23. The van der Waals surface area contributed by atoms with Crippen LogP contribution in [0.15, 0.2) is 30.6 Å². The van der Waals surface area contributed by atoms with Gasteiger partial charge in [-0.15, -0.1) is 0 Å². The first-order chi connectivity index (χ1) is 11.6. The van der Waals surface area contributed by atoms with Crippen LogP contribution < -0.4 is 10.6 Å². The monoisotopic (exact) mass is 364 g/mol. The van der Waals surface area contributed by atoms with Crippen LogP contribution in [0, 0.1) is 0 Å². The standard InChI is InChI=1S/C17H18Cl2N4O/c18-11-6-12(19)8-14(7-11)23-17(24)15-9-21-16(10-20-15)22-13-4-2-1-3-5-13/h6-10,13H,1-5H2,(H,21,22)(H,23,24). The first kappa shape index (κ1) is 17.0. The van der Waals surface area contributed by atoms with Crippen molar-refractivity contribution in [2.45, 2.75) is 38.1 Å². The Hall–Kier alpha value is -1.85. The predicted molar refractivity (Wildman–Crippen MR) is 96.9 cm³/mol. The number of hydrogen-bond acceptors (Lipinski definition) is 4. The number of carbonyl (C=O) groups is 1. The van der Waals surface area contributed by atoms with Crippen molar-refractivity contribution in [3.8, 4) is 0 Å². The van der Waals surface area contributed by atoms with Crippen molar-refractivity contribution in [3.05, 3.63) is 46.3 Å². The summed E-state index contributed by atoms with van der Waals surface area (Å²) in [6.45, 7) is 0. The number of rotatable bonds is 4. The molecule has 7 heteroatoms. The summed E-state index contributed by atoms with van der Waals surface area (Å²) in [5.41, 5.74) is 0.754. The van der Waals surface area contributed by atoms with E-state index >= 15 is 0 Å². The number of amides is 1. The Bertz CT molecular complexity index is 695. The van der Waals surface area contributed by atoms with Gasteiger partial charge in [-0.05, 0) is 31.0 Å². The topological polar surface area (TPSA) is 66.9 Å². The van der Waals surface area contributed by atoms with E-state index in [1.807, 2.05) is 0 Å². The zero-order valence-electron chi connectivity index (χ0n) is 13.1. The largest absolute Gasteiger partial charge is 0.366 e. The van der Waals surface area contributed by atoms with E-state index < -0.39 is 0 Å². The van der Waals surface area contributed by atoms with Gasteiger partial charge in [0.2, 0.25) is 0 Å². The molecule has 5 nitrogen and oxygen atoms in total. The molecule has 1 heterocycles. The summed E-state index contributed by atoms with van der Waals surface area (Å²) in [7, 11) is 0. The number of anilines is 2. The van der Waals surface area contributed by atoms with Crippen molar-refractivity contribution >= 4 is 40.6 Å². The van der Waals surface area contributed by atoms with Crippen LogP contribution >= 0.6 is 23.2 Å². The van der Waals surface area contributed by atoms with Gasteiger partial charge >= 0.3 is 0 Å². The molecule has 0 unspecified atom stereocenters. The normalized spacial score (nSPS) is 15.1. The van der Waals surface area contributed by atoms with E-state index in [9.17, 15) is 4.79 Å². The molecule has 1 aliphatic carbocycles. The van der Waals surface area contributed by atoms with Crippen LogP contribution in [-0.4, -0.2) is 21.9 Å². The summed E-state index contributed by atoms with van der Waals surface area (Å²) in [5.74, 6) is 0.342. The molecule has 0 aliphatic heterocycles. The zero-order valence-corrected chi connectivity index (χ0v) is 14.6. The van der Waals surface area contributed by atoms with E-state index in [4.69, 9.17) is 23.2 Å². The molecule has 0 bridgehead atoms. The Morgan fingerprint density at radius 3 is 2.33 bits per heavy atom. The Balaban J connectivity index is 1.62. The van der Waals surface area contributed by atoms with E-state index in [2.05, 4.69) is 20.6 Å². The average molecular weight is 365 g/mol. The quantitative estimate of drug-likeness (QED) is 0.818. The Kier molecular flexibility index (Phi) is 5.53. The molecule has 24 heavy (non-hydrogen) atoms. The molecule has 1 fully saturated rings. The maximum Gasteiger partial charge on any atom is 0.275 e. The third-order valence-electron chi connectivity index (χ3n) is 3.96. The van der Waals surface area contributed by atoms with Crippen molar-refractivity contribution < 1.29 is 4.79 Å². The van der Waals surface area contributed by atoms with Crippen LogP contribution in [0.1, 0.15) is 42.6 Å². The molecule has 2 N–H and O–H groups in total. The second kappa shape index (κ2) is 7.81. The number of nitrogens with one attached hydrogen (secondary N) is 2. The predicted octanol–water partition coefficient (Wildman–Crippen LogP) is 4.78. The van der Waals surface area contributed by atoms with Crippen molar-refractivity contribution in [2.75, 3.05) is 10.6 Å². The molecule has 1 aromatic heterocycles. The van der Waals surface area contributed by atoms with Gasteiger partial charge in [0.15, 0.2) is 0 Å². The maximum absolute atomic E-state index is 12.2. The first-order valence-corrected chi connectivity index (χ1v) is 8.72. The fraction of sp³-hybridized carbons (Fsp3) is 0.353. The van der Waals surface area contributed by atoms with Gasteiger partial charge in [-0.2, -0.15) is 0 Å². The fourth-order valence-electron chi connectivity index (χ4n) is 2.80. The van der Waals surface area contributed by atoms with Crippen LogP contribution in [0.25, 0.3) is 0 Å². The van der Waals surface area contributed by atoms with Gasteiger partial charge in [-0.3, -0.25) is 4.79 Å². The molecule has 1 aliphatic rings. The average Bonchev–Trinajstić information content (AvgIpc) is 2.55. The number of hydrogen-bond donors (Lipinski definition) is 2. The lowest BCUT2D eigenvalue weighted by atomic mass is 9.96. The highest BCUT2D eigenvalue weighted by molar-refractivity contribution is 6.35. The minimum absolute atomic E-state index is 0.236. The van der Waals surface area contributed by atoms with Crippen LogP contribution in [0.2, 0.25) is 10.0 Å². The third kappa shape index (κ3) is 4.58. The van der Waals surface area contributed by atoms with E-state index in [0.717, 1.165) is 12.8 Å². The second-order valence-corrected chi connectivity index (χ2v) is 6.75. The van der Waals surface area contributed by atoms with E-state index in [1.165, 1.54) is 25.5 Å². The van der Waals surface area contributed by atoms with Gasteiger partial charge in [0.25, 0.3) is 5.91 Å². The molecule has 126 valence electrons. The van der Waals surface area contributed by atoms with E-state index in [1.54, 1.807) is 24.4 Å². The number of halogens is 2. The molecule has 2 aromatic rings. The first-order valence-electron chi connectivity index (χ1n) is 7.96. The van der Waals surface area contributed by atoms with Crippen molar-refractivity contribution in [2.24, 2.45) is 0 Å². The van der Waals surface area contributed by atoms with Crippen LogP contribution in [0.4, 0.5) is 11.5 Å². The highest BCUT2D eigenvalue weighted by Crippen LogP contribution is 2.23. The summed E-state index contributed by atoms with van der Waals surface area (Å²) in [4.78, 5) is 20.7. The zero-order chi connectivity index (χ0) is 16.9. The van der Waals surface area contributed by atoms with E-state index in [-0.39, 0.29) is 11.6 Å². The van der Waals surface area contributed by atoms with Crippen LogP contribution in [0.3, 0.4) is 0 Å². The Labute approximate surface area is 150 Å². The maximum atomic E-state index is 12.2. The molecule has 0 atom stereocenters. The lowest BCUT2D eigenvalue weighted by Crippen LogP contribution is -2.23. The minimum atomic E-state index is -0.356. The Morgan fingerprint density at radius 2 is 1.71 bits per heavy atom. The number of carbonyl (C=O) groups excluding carboxylic acids is 1. The minimum Gasteiger partial charge on any atom is -0.366 e. The van der Waals surface area contributed by atoms with Gasteiger partial charge in [0.05, 0.1) is 12.4 Å². The lowest BCUT2D eigenvalue weighted by molar-refractivity contribution is 0.102. The van der Waals surface area contributed by atoms with Gasteiger partial charge < -0.3 is 10.6 Å². The molecule has 1 saturated carbocycles. The summed E-state index contributed by atoms with van der Waals surface area (Å²) in [5, 5.41) is 6.99. The molecule has 1 aromatic carbocycles. The third-order valence-corrected chi connectivity index (χ3v) is 4.40. The van der Waals surface area contributed by atoms with Gasteiger partial charge in [0, 0.05) is 21.8 Å². The van der Waals surface area contributed by atoms with Crippen molar-refractivity contribution in [1.82, 2.24) is 9.97 Å². The molecular weight excluding hydrogens is 347 g/mol. The van der Waals surface area contributed by atoms with Crippen LogP contribution in [-0.2, 0) is 0 Å². The summed E-state index contributed by atoms with van der Waals surface area (Å²) >= 11 is 11.8. The van der Waals surface area contributed by atoms with Crippen molar-refractivity contribution in [1.29, 1.82) is 0 Å². The Morgan fingerprint density at radius 1 is 1.00 bits per heavy atom. The summed E-state index contributed by atoms with van der Waals surface area (Å²) in [6, 6.07) is 5.29. The SMILES string of the molecule is O=C(Nc1cc(Cl)cc(Cl)c1)c1cnc(NC2CCCCC2)cn1. The van der Waals surface area contributed by atoms with Gasteiger partial charge in [-0.1, -0.05) is 42.5 Å². The van der Waals surface area contributed by atoms with Gasteiger partial charge in [-0.25, -0.2) is 9.97 Å². The molecule has 1 amide bonds. The highest BCUT2D eigenvalue weighted by atomic mass is 35.5. The van der Waals surface area contributed by atoms with Gasteiger partial charge in [0.1, 0.15) is 11.5 Å². The number of benzene rings is 1. The smallest absolute Gasteiger partial charge is 0.275 e.